The van der Waals surface area contributed by atoms with Gasteiger partial charge in [0.1, 0.15) is 11.5 Å². The minimum absolute atomic E-state index is 0.185. The van der Waals surface area contributed by atoms with Crippen LogP contribution in [0.2, 0.25) is 0 Å². The first-order valence-corrected chi connectivity index (χ1v) is 10.9. The molecule has 0 amide bonds. The molecule has 0 radical (unpaired) electrons. The molecule has 0 atom stereocenters. The van der Waals surface area contributed by atoms with E-state index in [-0.39, 0.29) is 11.4 Å². The Morgan fingerprint density at radius 2 is 1.74 bits per heavy atom. The van der Waals surface area contributed by atoms with Gasteiger partial charge in [-0.3, -0.25) is 4.90 Å². The van der Waals surface area contributed by atoms with E-state index in [1.165, 1.54) is 12.1 Å². The zero-order chi connectivity index (χ0) is 21.6. The summed E-state index contributed by atoms with van der Waals surface area (Å²) in [7, 11) is 0. The van der Waals surface area contributed by atoms with Crippen LogP contribution in [0.3, 0.4) is 0 Å². The molecule has 1 aromatic carbocycles. The highest BCUT2D eigenvalue weighted by molar-refractivity contribution is 5.95. The number of likely N-dealkylation sites (tertiary alicyclic amines) is 1. The van der Waals surface area contributed by atoms with Crippen molar-refractivity contribution in [3.8, 4) is 22.5 Å². The molecule has 4 aromatic rings. The Hall–Kier alpha value is -2.99. The van der Waals surface area contributed by atoms with E-state index in [0.29, 0.717) is 6.04 Å². The van der Waals surface area contributed by atoms with Gasteiger partial charge in [-0.2, -0.15) is 0 Å². The average molecular weight is 418 g/mol. The van der Waals surface area contributed by atoms with Crippen molar-refractivity contribution in [2.24, 2.45) is 0 Å². The fourth-order valence-electron chi connectivity index (χ4n) is 4.71. The number of aromatic nitrogens is 4. The standard InChI is InChI=1S/C25H28FN5/c1-25(2,3)30-14-10-19(11-15-30)31-16-29-22(17-4-6-18(26)7-5-17)23(31)20-8-12-27-24-21(20)9-13-28-24/h4-9,12-13,16,19H,10-11,14-15H2,1-3H3,(H,27,28). The van der Waals surface area contributed by atoms with E-state index in [2.05, 4.69) is 52.3 Å². The van der Waals surface area contributed by atoms with Crippen LogP contribution in [-0.4, -0.2) is 43.0 Å². The van der Waals surface area contributed by atoms with Gasteiger partial charge in [0.25, 0.3) is 0 Å². The van der Waals surface area contributed by atoms with Gasteiger partial charge in [0.05, 0.1) is 17.7 Å². The second-order valence-electron chi connectivity index (χ2n) is 9.34. The average Bonchev–Trinajstić information content (AvgIpc) is 3.41. The molecule has 1 saturated heterocycles. The second-order valence-corrected chi connectivity index (χ2v) is 9.34. The summed E-state index contributed by atoms with van der Waals surface area (Å²) in [5, 5.41) is 1.07. The first-order chi connectivity index (χ1) is 14.9. The molecule has 6 heteroatoms. The number of imidazole rings is 1. The maximum atomic E-state index is 13.6. The Balaban J connectivity index is 1.61. The summed E-state index contributed by atoms with van der Waals surface area (Å²) < 4.78 is 15.9. The van der Waals surface area contributed by atoms with Crippen molar-refractivity contribution < 1.29 is 4.39 Å². The van der Waals surface area contributed by atoms with Crippen LogP contribution in [0.25, 0.3) is 33.5 Å². The van der Waals surface area contributed by atoms with Crippen LogP contribution in [0.4, 0.5) is 4.39 Å². The summed E-state index contributed by atoms with van der Waals surface area (Å²) in [4.78, 5) is 15.1. The minimum Gasteiger partial charge on any atom is -0.346 e. The third-order valence-corrected chi connectivity index (χ3v) is 6.43. The van der Waals surface area contributed by atoms with Crippen molar-refractivity contribution >= 4 is 11.0 Å². The number of piperidine rings is 1. The van der Waals surface area contributed by atoms with Crippen molar-refractivity contribution in [1.29, 1.82) is 0 Å². The number of benzene rings is 1. The number of nitrogens with one attached hydrogen (secondary N) is 1. The number of rotatable bonds is 3. The lowest BCUT2D eigenvalue weighted by Gasteiger charge is -2.41. The van der Waals surface area contributed by atoms with Gasteiger partial charge in [-0.05, 0) is 70.0 Å². The molecule has 0 saturated carbocycles. The molecule has 0 bridgehead atoms. The Labute approximate surface area is 181 Å². The summed E-state index contributed by atoms with van der Waals surface area (Å²) in [6.45, 7) is 8.97. The molecule has 4 heterocycles. The maximum Gasteiger partial charge on any atom is 0.137 e. The number of pyridine rings is 1. The van der Waals surface area contributed by atoms with Crippen molar-refractivity contribution in [3.63, 3.8) is 0 Å². The first kappa shape index (κ1) is 19.9. The molecule has 5 rings (SSSR count). The molecule has 1 N–H and O–H groups in total. The van der Waals surface area contributed by atoms with Crippen LogP contribution >= 0.6 is 0 Å². The number of halogens is 1. The molecule has 160 valence electrons. The Morgan fingerprint density at radius 3 is 2.45 bits per heavy atom. The molecule has 1 fully saturated rings. The molecule has 3 aromatic heterocycles. The van der Waals surface area contributed by atoms with Crippen LogP contribution in [0.5, 0.6) is 0 Å². The largest absolute Gasteiger partial charge is 0.346 e. The van der Waals surface area contributed by atoms with Gasteiger partial charge in [0.2, 0.25) is 0 Å². The summed E-state index contributed by atoms with van der Waals surface area (Å²) in [5.74, 6) is -0.240. The zero-order valence-corrected chi connectivity index (χ0v) is 18.3. The number of hydrogen-bond donors (Lipinski definition) is 1. The molecule has 0 unspecified atom stereocenters. The topological polar surface area (TPSA) is 49.7 Å². The van der Waals surface area contributed by atoms with Crippen LogP contribution in [-0.2, 0) is 0 Å². The first-order valence-electron chi connectivity index (χ1n) is 10.9. The Morgan fingerprint density at radius 1 is 1.00 bits per heavy atom. The summed E-state index contributed by atoms with van der Waals surface area (Å²) in [6, 6.07) is 11.1. The van der Waals surface area contributed by atoms with E-state index in [4.69, 9.17) is 4.98 Å². The van der Waals surface area contributed by atoms with Gasteiger partial charge in [-0.15, -0.1) is 0 Å². The van der Waals surface area contributed by atoms with Crippen LogP contribution in [0.1, 0.15) is 39.7 Å². The lowest BCUT2D eigenvalue weighted by atomic mass is 9.96. The Bertz CT molecular complexity index is 1190. The fourth-order valence-corrected chi connectivity index (χ4v) is 4.71. The minimum atomic E-state index is -0.240. The molecule has 1 aliphatic heterocycles. The number of fused-ring (bicyclic) bond motifs is 1. The third-order valence-electron chi connectivity index (χ3n) is 6.43. The van der Waals surface area contributed by atoms with Gasteiger partial charge < -0.3 is 9.55 Å². The van der Waals surface area contributed by atoms with Gasteiger partial charge in [0, 0.05) is 53.6 Å². The smallest absolute Gasteiger partial charge is 0.137 e. The van der Waals surface area contributed by atoms with E-state index in [9.17, 15) is 4.39 Å². The van der Waals surface area contributed by atoms with E-state index in [1.807, 2.05) is 30.9 Å². The van der Waals surface area contributed by atoms with Crippen molar-refractivity contribution in [2.45, 2.75) is 45.2 Å². The molecule has 31 heavy (non-hydrogen) atoms. The molecular weight excluding hydrogens is 389 g/mol. The van der Waals surface area contributed by atoms with E-state index < -0.39 is 0 Å². The predicted octanol–water partition coefficient (Wildman–Crippen LogP) is 5.67. The van der Waals surface area contributed by atoms with E-state index >= 15 is 0 Å². The monoisotopic (exact) mass is 417 g/mol. The highest BCUT2D eigenvalue weighted by atomic mass is 19.1. The Kier molecular flexibility index (Phi) is 4.89. The van der Waals surface area contributed by atoms with Gasteiger partial charge >= 0.3 is 0 Å². The molecule has 0 aliphatic carbocycles. The molecule has 1 aliphatic rings. The lowest BCUT2D eigenvalue weighted by Crippen LogP contribution is -2.46. The predicted molar refractivity (Wildman–Crippen MR) is 122 cm³/mol. The summed E-state index contributed by atoms with van der Waals surface area (Å²) in [6.07, 6.45) is 7.86. The normalized spacial score (nSPS) is 16.3. The lowest BCUT2D eigenvalue weighted by molar-refractivity contribution is 0.0901. The van der Waals surface area contributed by atoms with Crippen molar-refractivity contribution in [3.05, 3.63) is 60.9 Å². The van der Waals surface area contributed by atoms with Crippen molar-refractivity contribution in [2.75, 3.05) is 13.1 Å². The van der Waals surface area contributed by atoms with E-state index in [1.54, 1.807) is 0 Å². The van der Waals surface area contributed by atoms with Crippen LogP contribution in [0, 0.1) is 5.82 Å². The summed E-state index contributed by atoms with van der Waals surface area (Å²) >= 11 is 0. The number of hydrogen-bond acceptors (Lipinski definition) is 3. The van der Waals surface area contributed by atoms with Gasteiger partial charge in [-0.1, -0.05) is 0 Å². The number of nitrogens with zero attached hydrogens (tertiary/aromatic N) is 4. The zero-order valence-electron chi connectivity index (χ0n) is 18.3. The number of H-pyrrole nitrogens is 1. The third kappa shape index (κ3) is 3.65. The molecule has 0 spiro atoms. The fraction of sp³-hybridized carbons (Fsp3) is 0.360. The highest BCUT2D eigenvalue weighted by Crippen LogP contribution is 2.39. The SMILES string of the molecule is CC(C)(C)N1CCC(n2cnc(-c3ccc(F)cc3)c2-c2ccnc3[nH]ccc23)CC1. The van der Waals surface area contributed by atoms with Crippen LogP contribution in [0.15, 0.2) is 55.1 Å². The maximum absolute atomic E-state index is 13.6. The number of aromatic amines is 1. The highest BCUT2D eigenvalue weighted by Gasteiger charge is 2.30. The molecule has 5 nitrogen and oxygen atoms in total. The summed E-state index contributed by atoms with van der Waals surface area (Å²) in [5.41, 5.74) is 5.02. The molecular formula is C25H28FN5. The van der Waals surface area contributed by atoms with Gasteiger partial charge in [-0.25, -0.2) is 14.4 Å². The second kappa shape index (κ2) is 7.61. The quantitative estimate of drug-likeness (QED) is 0.467. The van der Waals surface area contributed by atoms with E-state index in [0.717, 1.165) is 59.5 Å². The van der Waals surface area contributed by atoms with Crippen molar-refractivity contribution in [1.82, 2.24) is 24.4 Å². The van der Waals surface area contributed by atoms with Gasteiger partial charge in [0.15, 0.2) is 0 Å². The van der Waals surface area contributed by atoms with Crippen LogP contribution < -0.4 is 0 Å².